The predicted molar refractivity (Wildman–Crippen MR) is 44.2 cm³/mol. The smallest absolute Gasteiger partial charge is 0.249 e. The van der Waals surface area contributed by atoms with Crippen molar-refractivity contribution in [2.24, 2.45) is 5.92 Å². The fraction of sp³-hybridized carbons (Fsp3) is 1.00. The maximum Gasteiger partial charge on any atom is 0.249 e. The lowest BCUT2D eigenvalue weighted by Crippen LogP contribution is -2.27. The summed E-state index contributed by atoms with van der Waals surface area (Å²) in [6.45, 7) is 3.03. The summed E-state index contributed by atoms with van der Waals surface area (Å²) >= 11 is -2.42. The Morgan fingerprint density at radius 2 is 1.82 bits per heavy atom. The predicted octanol–water partition coefficient (Wildman–Crippen LogP) is 0.759. The first-order valence-electron chi connectivity index (χ1n) is 2.80. The zero-order chi connectivity index (χ0) is 9.23. The van der Waals surface area contributed by atoms with Crippen LogP contribution in [0.25, 0.3) is 0 Å². The lowest BCUT2D eigenvalue weighted by molar-refractivity contribution is 0.532. The van der Waals surface area contributed by atoms with Crippen LogP contribution in [0.2, 0.25) is 0 Å². The molecule has 0 radical (unpaired) electrons. The molecule has 0 bridgehead atoms. The van der Waals surface area contributed by atoms with Crippen LogP contribution in [0.5, 0.6) is 0 Å². The van der Waals surface area contributed by atoms with E-state index in [1.54, 1.807) is 0 Å². The van der Waals surface area contributed by atoms with E-state index in [2.05, 4.69) is 0 Å². The van der Waals surface area contributed by atoms with Gasteiger partial charge in [-0.1, -0.05) is 13.8 Å². The molecule has 0 saturated carbocycles. The Morgan fingerprint density at radius 3 is 1.82 bits per heavy atom. The summed E-state index contributed by atoms with van der Waals surface area (Å²) in [5.41, 5.74) is 0. The van der Waals surface area contributed by atoms with Gasteiger partial charge in [0, 0.05) is 10.7 Å². The Kier molecular flexibility index (Phi) is 3.96. The van der Waals surface area contributed by atoms with Gasteiger partial charge in [0.25, 0.3) is 0 Å². The molecule has 2 atom stereocenters. The summed E-state index contributed by atoms with van der Waals surface area (Å²) < 4.78 is 38.8. The van der Waals surface area contributed by atoms with Crippen LogP contribution in [0.1, 0.15) is 13.8 Å². The highest BCUT2D eigenvalue weighted by atomic mass is 35.7. The summed E-state index contributed by atoms with van der Waals surface area (Å²) in [6.07, 6.45) is 0. The van der Waals surface area contributed by atoms with Gasteiger partial charge in [-0.3, -0.25) is 0 Å². The molecule has 0 rings (SSSR count). The highest BCUT2D eigenvalue weighted by molar-refractivity contribution is 8.20. The molecule has 4 nitrogen and oxygen atoms in total. The molecular formula is C4H9ClO4S2. The van der Waals surface area contributed by atoms with Crippen molar-refractivity contribution in [1.82, 2.24) is 0 Å². The third-order valence-corrected chi connectivity index (χ3v) is 5.21. The van der Waals surface area contributed by atoms with E-state index < -0.39 is 30.6 Å². The van der Waals surface area contributed by atoms with Crippen LogP contribution in [0.3, 0.4) is 0 Å². The minimum absolute atomic E-state index is 0.469. The number of halogens is 1. The van der Waals surface area contributed by atoms with E-state index in [-0.39, 0.29) is 0 Å². The summed E-state index contributed by atoms with van der Waals surface area (Å²) in [7, 11) is 0.967. The zero-order valence-electron chi connectivity index (χ0n) is 6.02. The van der Waals surface area contributed by atoms with Crippen molar-refractivity contribution >= 4 is 30.8 Å². The van der Waals surface area contributed by atoms with E-state index >= 15 is 0 Å². The highest BCUT2D eigenvalue weighted by Gasteiger charge is 2.31. The number of hydrogen-bond donors (Lipinski definition) is 1. The van der Waals surface area contributed by atoms with Crippen LogP contribution in [-0.4, -0.2) is 21.8 Å². The third kappa shape index (κ3) is 3.50. The second-order valence-electron chi connectivity index (χ2n) is 2.36. The van der Waals surface area contributed by atoms with E-state index in [1.165, 1.54) is 13.8 Å². The van der Waals surface area contributed by atoms with Gasteiger partial charge in [-0.2, -0.15) is 0 Å². The SMILES string of the molecule is CC(C)C(S(=O)O)S(=O)(=O)Cl. The second kappa shape index (κ2) is 3.84. The molecule has 0 aromatic rings. The fourth-order valence-electron chi connectivity index (χ4n) is 0.656. The first-order valence-corrected chi connectivity index (χ1v) is 6.34. The molecule has 11 heavy (non-hydrogen) atoms. The molecule has 0 aromatic heterocycles. The maximum absolute atomic E-state index is 10.6. The first-order chi connectivity index (χ1) is 4.76. The van der Waals surface area contributed by atoms with Gasteiger partial charge >= 0.3 is 0 Å². The average Bonchev–Trinajstić information content (AvgIpc) is 1.54. The van der Waals surface area contributed by atoms with E-state index in [0.717, 1.165) is 0 Å². The lowest BCUT2D eigenvalue weighted by atomic mass is 10.3. The van der Waals surface area contributed by atoms with Crippen molar-refractivity contribution in [2.45, 2.75) is 18.4 Å². The minimum Gasteiger partial charge on any atom is -0.305 e. The van der Waals surface area contributed by atoms with Gasteiger partial charge in [0.1, 0.15) is 0 Å². The van der Waals surface area contributed by atoms with Gasteiger partial charge in [-0.15, -0.1) is 0 Å². The van der Waals surface area contributed by atoms with Crippen molar-refractivity contribution in [1.29, 1.82) is 0 Å². The van der Waals surface area contributed by atoms with E-state index in [1.807, 2.05) is 0 Å². The topological polar surface area (TPSA) is 71.4 Å². The summed E-state index contributed by atoms with van der Waals surface area (Å²) in [4.78, 5) is 0. The van der Waals surface area contributed by atoms with Crippen LogP contribution >= 0.6 is 10.7 Å². The van der Waals surface area contributed by atoms with Crippen LogP contribution < -0.4 is 0 Å². The van der Waals surface area contributed by atoms with E-state index in [0.29, 0.717) is 0 Å². The third-order valence-electron chi connectivity index (χ3n) is 1.02. The quantitative estimate of drug-likeness (QED) is 0.563. The average molecular weight is 221 g/mol. The number of rotatable bonds is 3. The van der Waals surface area contributed by atoms with Gasteiger partial charge < -0.3 is 4.55 Å². The molecule has 0 amide bonds. The summed E-state index contributed by atoms with van der Waals surface area (Å²) in [5.74, 6) is -0.469. The lowest BCUT2D eigenvalue weighted by Gasteiger charge is -2.11. The number of hydrogen-bond acceptors (Lipinski definition) is 3. The molecule has 0 aliphatic carbocycles. The molecule has 1 N–H and O–H groups in total. The Labute approximate surface area is 72.6 Å². The summed E-state index contributed by atoms with van der Waals surface area (Å²) in [6, 6.07) is 0. The minimum atomic E-state index is -3.94. The molecular weight excluding hydrogens is 212 g/mol. The van der Waals surface area contributed by atoms with Crippen molar-refractivity contribution < 1.29 is 17.2 Å². The largest absolute Gasteiger partial charge is 0.305 e. The standard InChI is InChI=1S/C4H9ClO4S2/c1-3(2)4(10(6)7)11(5,8)9/h3-4H,1-2H3,(H,6,7). The Morgan fingerprint density at radius 1 is 1.45 bits per heavy atom. The van der Waals surface area contributed by atoms with Crippen LogP contribution in [-0.2, 0) is 20.1 Å². The monoisotopic (exact) mass is 220 g/mol. The van der Waals surface area contributed by atoms with Gasteiger partial charge in [0.05, 0.1) is 0 Å². The van der Waals surface area contributed by atoms with Crippen molar-refractivity contribution in [3.05, 3.63) is 0 Å². The fourth-order valence-corrected chi connectivity index (χ4v) is 3.74. The van der Waals surface area contributed by atoms with Gasteiger partial charge in [0.15, 0.2) is 15.7 Å². The highest BCUT2D eigenvalue weighted by Crippen LogP contribution is 2.18. The Bertz CT molecular complexity index is 245. The Hall–Kier alpha value is 0.350. The molecule has 0 fully saturated rings. The molecule has 0 aromatic carbocycles. The van der Waals surface area contributed by atoms with Gasteiger partial charge in [-0.25, -0.2) is 12.6 Å². The van der Waals surface area contributed by atoms with Gasteiger partial charge in [-0.05, 0) is 5.92 Å². The van der Waals surface area contributed by atoms with Gasteiger partial charge in [0.2, 0.25) is 9.05 Å². The zero-order valence-corrected chi connectivity index (χ0v) is 8.41. The second-order valence-corrected chi connectivity index (χ2v) is 6.47. The van der Waals surface area contributed by atoms with E-state index in [4.69, 9.17) is 15.2 Å². The first kappa shape index (κ1) is 11.4. The molecule has 2 unspecified atom stereocenters. The molecule has 0 aliphatic rings. The van der Waals surface area contributed by atoms with E-state index in [9.17, 15) is 12.6 Å². The molecule has 0 saturated heterocycles. The van der Waals surface area contributed by atoms with Crippen molar-refractivity contribution in [2.75, 3.05) is 0 Å². The van der Waals surface area contributed by atoms with Crippen LogP contribution in [0.15, 0.2) is 0 Å². The Balaban J connectivity index is 4.79. The molecule has 0 spiro atoms. The normalized spacial score (nSPS) is 18.3. The van der Waals surface area contributed by atoms with Crippen LogP contribution in [0, 0.1) is 5.92 Å². The van der Waals surface area contributed by atoms with Crippen molar-refractivity contribution in [3.8, 4) is 0 Å². The maximum atomic E-state index is 10.6. The summed E-state index contributed by atoms with van der Waals surface area (Å²) in [5, 5.41) is 0. The molecule has 7 heteroatoms. The molecule has 0 aliphatic heterocycles. The van der Waals surface area contributed by atoms with Crippen LogP contribution in [0.4, 0.5) is 0 Å². The molecule has 0 heterocycles. The van der Waals surface area contributed by atoms with Crippen molar-refractivity contribution in [3.63, 3.8) is 0 Å². The molecule has 68 valence electrons.